The summed E-state index contributed by atoms with van der Waals surface area (Å²) in [6.45, 7) is 6.47. The number of hydrogen-bond donors (Lipinski definition) is 0. The van der Waals surface area contributed by atoms with Gasteiger partial charge in [0.25, 0.3) is 6.01 Å². The molecule has 2 aliphatic rings. The van der Waals surface area contributed by atoms with Crippen molar-refractivity contribution in [3.63, 3.8) is 0 Å². The molecule has 6 heterocycles. The highest BCUT2D eigenvalue weighted by atomic mass is 16.4. The molecule has 0 saturated carbocycles. The minimum absolute atomic E-state index is 0.647. The van der Waals surface area contributed by atoms with E-state index in [2.05, 4.69) is 24.8 Å². The Hall–Kier alpha value is -3.32. The molecule has 0 N–H and O–H groups in total. The molecule has 2 fully saturated rings. The molecule has 7 nitrogen and oxygen atoms in total. The van der Waals surface area contributed by atoms with Gasteiger partial charge < -0.3 is 14.2 Å². The molecule has 0 bridgehead atoms. The maximum absolute atomic E-state index is 6.18. The maximum Gasteiger partial charge on any atom is 0.299 e. The fourth-order valence-corrected chi connectivity index (χ4v) is 5.21. The highest BCUT2D eigenvalue weighted by Gasteiger charge is 2.27. The molecule has 6 rings (SSSR count). The van der Waals surface area contributed by atoms with Crippen LogP contribution in [-0.2, 0) is 0 Å². The molecule has 0 amide bonds. The summed E-state index contributed by atoms with van der Waals surface area (Å²) in [6.07, 6.45) is 8.24. The standard InChI is InChI=1S/C27H30N6O/c1-19-7-5-9-23(29-19)24-10-6-8-22(30-24)20-17-25-26(28-18-20)31-27(34-25)33-15-11-21(12-16-33)32-13-3-2-4-14-32/h5-10,17-18,21H,2-4,11-16H2,1H3. The molecule has 4 aromatic heterocycles. The minimum atomic E-state index is 0.647. The van der Waals surface area contributed by atoms with E-state index in [1.54, 1.807) is 0 Å². The van der Waals surface area contributed by atoms with Crippen molar-refractivity contribution in [1.82, 2.24) is 24.8 Å². The second-order valence-corrected chi connectivity index (χ2v) is 9.43. The number of likely N-dealkylation sites (tertiary alicyclic amines) is 1. The zero-order valence-electron chi connectivity index (χ0n) is 19.7. The predicted octanol–water partition coefficient (Wildman–Crippen LogP) is 5.11. The summed E-state index contributed by atoms with van der Waals surface area (Å²) in [5.74, 6) is 0. The summed E-state index contributed by atoms with van der Waals surface area (Å²) in [6, 6.07) is 15.3. The van der Waals surface area contributed by atoms with Gasteiger partial charge in [0.15, 0.2) is 5.58 Å². The predicted molar refractivity (Wildman–Crippen MR) is 134 cm³/mol. The van der Waals surface area contributed by atoms with Gasteiger partial charge in [0.05, 0.1) is 17.1 Å². The molecule has 2 aliphatic heterocycles. The zero-order chi connectivity index (χ0) is 22.9. The van der Waals surface area contributed by atoms with Crippen LogP contribution < -0.4 is 4.90 Å². The molecule has 0 aliphatic carbocycles. The summed E-state index contributed by atoms with van der Waals surface area (Å²) >= 11 is 0. The zero-order valence-corrected chi connectivity index (χ0v) is 19.7. The number of fused-ring (bicyclic) bond motifs is 1. The van der Waals surface area contributed by atoms with Gasteiger partial charge in [-0.1, -0.05) is 18.6 Å². The lowest BCUT2D eigenvalue weighted by Gasteiger charge is -2.39. The maximum atomic E-state index is 6.18. The first-order valence-corrected chi connectivity index (χ1v) is 12.4. The van der Waals surface area contributed by atoms with Crippen LogP contribution in [0.25, 0.3) is 33.9 Å². The van der Waals surface area contributed by atoms with E-state index in [1.807, 2.05) is 55.6 Å². The number of piperidine rings is 2. The molecule has 0 spiro atoms. The fraction of sp³-hybridized carbons (Fsp3) is 0.407. The number of oxazole rings is 1. The summed E-state index contributed by atoms with van der Waals surface area (Å²) < 4.78 is 6.18. The molecular formula is C27H30N6O. The first-order chi connectivity index (χ1) is 16.7. The normalized spacial score (nSPS) is 18.0. The molecule has 7 heteroatoms. The van der Waals surface area contributed by atoms with E-state index in [0.717, 1.165) is 41.4 Å². The number of hydrogen-bond acceptors (Lipinski definition) is 7. The topological polar surface area (TPSA) is 71.2 Å². The van der Waals surface area contributed by atoms with Crippen LogP contribution in [0, 0.1) is 6.92 Å². The summed E-state index contributed by atoms with van der Waals surface area (Å²) in [5, 5.41) is 0. The van der Waals surface area contributed by atoms with Gasteiger partial charge in [0, 0.05) is 36.6 Å². The van der Waals surface area contributed by atoms with E-state index >= 15 is 0 Å². The largest absolute Gasteiger partial charge is 0.422 e. The van der Waals surface area contributed by atoms with Crippen molar-refractivity contribution in [1.29, 1.82) is 0 Å². The Morgan fingerprint density at radius 3 is 2.35 bits per heavy atom. The van der Waals surface area contributed by atoms with Crippen LogP contribution >= 0.6 is 0 Å². The van der Waals surface area contributed by atoms with E-state index in [0.29, 0.717) is 23.3 Å². The number of aryl methyl sites for hydroxylation is 1. The summed E-state index contributed by atoms with van der Waals surface area (Å²) in [7, 11) is 0. The molecule has 0 unspecified atom stereocenters. The van der Waals surface area contributed by atoms with Crippen LogP contribution in [0.5, 0.6) is 0 Å². The van der Waals surface area contributed by atoms with E-state index < -0.39 is 0 Å². The SMILES string of the molecule is Cc1cccc(-c2cccc(-c3cnc4nc(N5CCC(N6CCCCC6)CC5)oc4c3)n2)n1. The van der Waals surface area contributed by atoms with Crippen molar-refractivity contribution in [3.05, 3.63) is 54.4 Å². The molecule has 4 aromatic rings. The fourth-order valence-electron chi connectivity index (χ4n) is 5.21. The summed E-state index contributed by atoms with van der Waals surface area (Å²) in [5.41, 5.74) is 5.79. The molecule has 34 heavy (non-hydrogen) atoms. The molecule has 2 saturated heterocycles. The lowest BCUT2D eigenvalue weighted by Crippen LogP contribution is -2.46. The highest BCUT2D eigenvalue weighted by molar-refractivity contribution is 5.77. The number of nitrogens with zero attached hydrogens (tertiary/aromatic N) is 6. The van der Waals surface area contributed by atoms with Crippen molar-refractivity contribution >= 4 is 17.2 Å². The molecule has 174 valence electrons. The van der Waals surface area contributed by atoms with Crippen LogP contribution in [0.1, 0.15) is 37.8 Å². The molecule has 0 radical (unpaired) electrons. The van der Waals surface area contributed by atoms with Crippen molar-refractivity contribution < 1.29 is 4.42 Å². The third-order valence-corrected chi connectivity index (χ3v) is 7.07. The van der Waals surface area contributed by atoms with Crippen LogP contribution in [0.15, 0.2) is 53.1 Å². The summed E-state index contributed by atoms with van der Waals surface area (Å²) in [4.78, 5) is 23.7. The van der Waals surface area contributed by atoms with Gasteiger partial charge in [-0.05, 0) is 76.0 Å². The van der Waals surface area contributed by atoms with Gasteiger partial charge in [-0.15, -0.1) is 0 Å². The quantitative estimate of drug-likeness (QED) is 0.424. The Labute approximate surface area is 199 Å². The van der Waals surface area contributed by atoms with Crippen molar-refractivity contribution in [2.75, 3.05) is 31.1 Å². The van der Waals surface area contributed by atoms with Crippen molar-refractivity contribution in [2.45, 2.75) is 45.1 Å². The van der Waals surface area contributed by atoms with E-state index in [-0.39, 0.29) is 0 Å². The second-order valence-electron chi connectivity index (χ2n) is 9.43. The Bertz CT molecular complexity index is 1290. The minimum Gasteiger partial charge on any atom is -0.422 e. The van der Waals surface area contributed by atoms with Crippen molar-refractivity contribution in [2.24, 2.45) is 0 Å². The lowest BCUT2D eigenvalue weighted by atomic mass is 10.0. The van der Waals surface area contributed by atoms with Crippen LogP contribution in [0.2, 0.25) is 0 Å². The average Bonchev–Trinajstić information content (AvgIpc) is 3.33. The lowest BCUT2D eigenvalue weighted by molar-refractivity contribution is 0.140. The average molecular weight is 455 g/mol. The molecular weight excluding hydrogens is 424 g/mol. The Morgan fingerprint density at radius 1 is 0.824 bits per heavy atom. The number of pyridine rings is 3. The van der Waals surface area contributed by atoms with Gasteiger partial charge in [-0.25, -0.2) is 9.97 Å². The smallest absolute Gasteiger partial charge is 0.299 e. The van der Waals surface area contributed by atoms with Gasteiger partial charge >= 0.3 is 0 Å². The molecule has 0 atom stereocenters. The van der Waals surface area contributed by atoms with Crippen LogP contribution in [0.4, 0.5) is 6.01 Å². The van der Waals surface area contributed by atoms with Gasteiger partial charge in [0.2, 0.25) is 5.65 Å². The number of rotatable bonds is 4. The van der Waals surface area contributed by atoms with Gasteiger partial charge in [0.1, 0.15) is 0 Å². The number of aromatic nitrogens is 4. The monoisotopic (exact) mass is 454 g/mol. The third kappa shape index (κ3) is 4.28. The highest BCUT2D eigenvalue weighted by Crippen LogP contribution is 2.29. The van der Waals surface area contributed by atoms with Crippen LogP contribution in [0.3, 0.4) is 0 Å². The van der Waals surface area contributed by atoms with E-state index in [4.69, 9.17) is 9.40 Å². The van der Waals surface area contributed by atoms with Crippen LogP contribution in [-0.4, -0.2) is 57.1 Å². The van der Waals surface area contributed by atoms with Crippen molar-refractivity contribution in [3.8, 4) is 22.6 Å². The third-order valence-electron chi connectivity index (χ3n) is 7.07. The second kappa shape index (κ2) is 9.14. The first-order valence-electron chi connectivity index (χ1n) is 12.4. The Kier molecular flexibility index (Phi) is 5.71. The first kappa shape index (κ1) is 21.2. The van der Waals surface area contributed by atoms with Gasteiger partial charge in [-0.2, -0.15) is 4.98 Å². The van der Waals surface area contributed by atoms with E-state index in [1.165, 1.54) is 45.2 Å². The number of anilines is 1. The Balaban J connectivity index is 1.20. The van der Waals surface area contributed by atoms with E-state index in [9.17, 15) is 0 Å². The Morgan fingerprint density at radius 2 is 1.56 bits per heavy atom. The molecule has 0 aromatic carbocycles. The van der Waals surface area contributed by atoms with Gasteiger partial charge in [-0.3, -0.25) is 4.98 Å².